The number of hydrogen-bond acceptors (Lipinski definition) is 4. The number of nitrogens with one attached hydrogen (secondary N) is 1. The highest BCUT2D eigenvalue weighted by Crippen LogP contribution is 2.24. The van der Waals surface area contributed by atoms with E-state index >= 15 is 0 Å². The highest BCUT2D eigenvalue weighted by Gasteiger charge is 2.40. The zero-order valence-corrected chi connectivity index (χ0v) is 13.5. The van der Waals surface area contributed by atoms with Crippen molar-refractivity contribution in [3.8, 4) is 11.3 Å². The van der Waals surface area contributed by atoms with Crippen LogP contribution < -0.4 is 0 Å². The molecule has 0 radical (unpaired) electrons. The molecule has 1 aliphatic rings. The molecule has 0 aliphatic carbocycles. The number of carbonyl (C=O) groups excluding carboxylic acids is 1. The van der Waals surface area contributed by atoms with Crippen LogP contribution in [0.5, 0.6) is 0 Å². The van der Waals surface area contributed by atoms with E-state index < -0.39 is 12.0 Å². The maximum absolute atomic E-state index is 12.7. The number of likely N-dealkylation sites (tertiary alicyclic amines) is 1. The molecule has 1 amide bonds. The quantitative estimate of drug-likeness (QED) is 0.890. The number of rotatable bonds is 4. The van der Waals surface area contributed by atoms with Crippen molar-refractivity contribution >= 4 is 11.9 Å². The van der Waals surface area contributed by atoms with Gasteiger partial charge >= 0.3 is 5.97 Å². The van der Waals surface area contributed by atoms with Gasteiger partial charge in [0.15, 0.2) is 0 Å². The third-order valence-electron chi connectivity index (χ3n) is 4.30. The fraction of sp³-hybridized carbons (Fsp3) is 0.353. The van der Waals surface area contributed by atoms with Gasteiger partial charge in [-0.25, -0.2) is 4.79 Å². The summed E-state index contributed by atoms with van der Waals surface area (Å²) >= 11 is 0. The summed E-state index contributed by atoms with van der Waals surface area (Å²) in [5.41, 5.74) is 2.95. The topological polar surface area (TPSA) is 95.5 Å². The lowest BCUT2D eigenvalue weighted by Gasteiger charge is -2.20. The minimum absolute atomic E-state index is 0.255. The maximum Gasteiger partial charge on any atom is 0.326 e. The van der Waals surface area contributed by atoms with Crippen LogP contribution in [-0.4, -0.2) is 57.9 Å². The Kier molecular flexibility index (Phi) is 4.35. The molecule has 1 saturated heterocycles. The minimum atomic E-state index is -1.03. The monoisotopic (exact) mass is 329 g/mol. The number of nitrogens with zero attached hydrogens (tertiary/aromatic N) is 2. The Hall–Kier alpha value is -2.67. The number of ether oxygens (including phenoxy) is 1. The van der Waals surface area contributed by atoms with E-state index in [9.17, 15) is 14.7 Å². The molecule has 3 rings (SSSR count). The van der Waals surface area contributed by atoms with Gasteiger partial charge in [-0.3, -0.25) is 9.89 Å². The number of amides is 1. The highest BCUT2D eigenvalue weighted by molar-refractivity contribution is 5.96. The Balaban J connectivity index is 1.82. The van der Waals surface area contributed by atoms with Crippen LogP contribution in [0.3, 0.4) is 0 Å². The first-order valence-electron chi connectivity index (χ1n) is 7.68. The summed E-state index contributed by atoms with van der Waals surface area (Å²) < 4.78 is 5.21. The lowest BCUT2D eigenvalue weighted by molar-refractivity contribution is -0.141. The van der Waals surface area contributed by atoms with Crippen molar-refractivity contribution in [3.05, 3.63) is 41.6 Å². The summed E-state index contributed by atoms with van der Waals surface area (Å²) in [5.74, 6) is -1.41. The number of carbonyl (C=O) groups is 2. The predicted molar refractivity (Wildman–Crippen MR) is 86.6 cm³/mol. The van der Waals surface area contributed by atoms with E-state index in [4.69, 9.17) is 4.74 Å². The second kappa shape index (κ2) is 6.45. The van der Waals surface area contributed by atoms with Gasteiger partial charge < -0.3 is 14.7 Å². The number of aromatic amines is 1. The van der Waals surface area contributed by atoms with Crippen molar-refractivity contribution in [2.45, 2.75) is 25.5 Å². The average molecular weight is 329 g/mol. The van der Waals surface area contributed by atoms with Crippen LogP contribution in [0.4, 0.5) is 0 Å². The Labute approximate surface area is 139 Å². The molecule has 1 aromatic carbocycles. The standard InChI is InChI=1S/C17H19N3O4/c1-10-3-5-11(6-4-10)13-8-14(19-18-13)16(21)20-9-12(24-2)7-15(20)17(22)23/h3-6,8,12,15H,7,9H2,1-2H3,(H,18,19)(H,22,23). The van der Waals surface area contributed by atoms with Crippen molar-refractivity contribution in [2.24, 2.45) is 0 Å². The third-order valence-corrected chi connectivity index (χ3v) is 4.30. The second-order valence-electron chi connectivity index (χ2n) is 5.94. The van der Waals surface area contributed by atoms with Gasteiger partial charge in [0.2, 0.25) is 0 Å². The summed E-state index contributed by atoms with van der Waals surface area (Å²) in [7, 11) is 1.52. The Bertz CT molecular complexity index is 753. The zero-order chi connectivity index (χ0) is 17.3. The number of benzene rings is 1. The fourth-order valence-electron chi connectivity index (χ4n) is 2.88. The van der Waals surface area contributed by atoms with Crippen LogP contribution in [0.25, 0.3) is 11.3 Å². The number of aromatic nitrogens is 2. The SMILES string of the molecule is COC1CC(C(=O)O)N(C(=O)c2cc(-c3ccc(C)cc3)n[nH]2)C1. The molecule has 1 aliphatic heterocycles. The molecule has 7 nitrogen and oxygen atoms in total. The van der Waals surface area contributed by atoms with Crippen LogP contribution >= 0.6 is 0 Å². The zero-order valence-electron chi connectivity index (χ0n) is 13.5. The molecule has 0 spiro atoms. The molecule has 0 bridgehead atoms. The van der Waals surface area contributed by atoms with Crippen LogP contribution in [0.2, 0.25) is 0 Å². The lowest BCUT2D eigenvalue weighted by atomic mass is 10.1. The van der Waals surface area contributed by atoms with Crippen molar-refractivity contribution in [1.29, 1.82) is 0 Å². The number of aryl methyl sites for hydroxylation is 1. The van der Waals surface area contributed by atoms with E-state index in [2.05, 4.69) is 10.2 Å². The smallest absolute Gasteiger partial charge is 0.326 e. The van der Waals surface area contributed by atoms with E-state index in [0.29, 0.717) is 5.69 Å². The van der Waals surface area contributed by atoms with Crippen LogP contribution in [0.15, 0.2) is 30.3 Å². The van der Waals surface area contributed by atoms with Crippen LogP contribution in [0, 0.1) is 6.92 Å². The lowest BCUT2D eigenvalue weighted by Crippen LogP contribution is -2.40. The van der Waals surface area contributed by atoms with E-state index in [0.717, 1.165) is 11.1 Å². The Morgan fingerprint density at radius 2 is 2.04 bits per heavy atom. The van der Waals surface area contributed by atoms with Crippen molar-refractivity contribution in [1.82, 2.24) is 15.1 Å². The molecular formula is C17H19N3O4. The normalized spacial score (nSPS) is 20.3. The minimum Gasteiger partial charge on any atom is -0.480 e. The first kappa shape index (κ1) is 16.2. The molecule has 1 aromatic heterocycles. The van der Waals surface area contributed by atoms with E-state index in [1.807, 2.05) is 31.2 Å². The van der Waals surface area contributed by atoms with Gasteiger partial charge in [0.05, 0.1) is 11.8 Å². The van der Waals surface area contributed by atoms with Crippen molar-refractivity contribution in [2.75, 3.05) is 13.7 Å². The number of methoxy groups -OCH3 is 1. The number of aliphatic carboxylic acids is 1. The van der Waals surface area contributed by atoms with E-state index in [1.54, 1.807) is 6.07 Å². The molecule has 2 heterocycles. The van der Waals surface area contributed by atoms with Gasteiger partial charge in [0.25, 0.3) is 5.91 Å². The van der Waals surface area contributed by atoms with Crippen molar-refractivity contribution < 1.29 is 19.4 Å². The maximum atomic E-state index is 12.7. The largest absolute Gasteiger partial charge is 0.480 e. The average Bonchev–Trinajstić information content (AvgIpc) is 3.22. The molecule has 7 heteroatoms. The van der Waals surface area contributed by atoms with Gasteiger partial charge in [-0.05, 0) is 13.0 Å². The molecule has 24 heavy (non-hydrogen) atoms. The first-order valence-corrected chi connectivity index (χ1v) is 7.68. The molecular weight excluding hydrogens is 310 g/mol. The summed E-state index contributed by atoms with van der Waals surface area (Å²) in [6.45, 7) is 2.25. The third kappa shape index (κ3) is 3.03. The summed E-state index contributed by atoms with van der Waals surface area (Å²) in [6.07, 6.45) is 0.0193. The summed E-state index contributed by atoms with van der Waals surface area (Å²) in [4.78, 5) is 25.4. The molecule has 2 unspecified atom stereocenters. The van der Waals surface area contributed by atoms with Crippen molar-refractivity contribution in [3.63, 3.8) is 0 Å². The van der Waals surface area contributed by atoms with Gasteiger partial charge in [0.1, 0.15) is 11.7 Å². The fourth-order valence-corrected chi connectivity index (χ4v) is 2.88. The van der Waals surface area contributed by atoms with Crippen LogP contribution in [0.1, 0.15) is 22.5 Å². The first-order chi connectivity index (χ1) is 11.5. The molecule has 2 atom stereocenters. The van der Waals surface area contributed by atoms with E-state index in [-0.39, 0.29) is 30.7 Å². The van der Waals surface area contributed by atoms with Gasteiger partial charge in [-0.15, -0.1) is 0 Å². The van der Waals surface area contributed by atoms with Gasteiger partial charge in [0, 0.05) is 25.6 Å². The Morgan fingerprint density at radius 1 is 1.33 bits per heavy atom. The van der Waals surface area contributed by atoms with E-state index in [1.165, 1.54) is 12.0 Å². The highest BCUT2D eigenvalue weighted by atomic mass is 16.5. The van der Waals surface area contributed by atoms with Gasteiger partial charge in [-0.2, -0.15) is 5.10 Å². The molecule has 0 saturated carbocycles. The summed E-state index contributed by atoms with van der Waals surface area (Å²) in [6, 6.07) is 8.55. The number of hydrogen-bond donors (Lipinski definition) is 2. The summed E-state index contributed by atoms with van der Waals surface area (Å²) in [5, 5.41) is 16.2. The number of H-pyrrole nitrogens is 1. The predicted octanol–water partition coefficient (Wildman–Crippen LogP) is 1.70. The molecule has 126 valence electrons. The molecule has 1 fully saturated rings. The van der Waals surface area contributed by atoms with Crippen LogP contribution in [-0.2, 0) is 9.53 Å². The number of carboxylic acids is 1. The van der Waals surface area contributed by atoms with Gasteiger partial charge in [-0.1, -0.05) is 29.8 Å². The molecule has 2 N–H and O–H groups in total. The second-order valence-corrected chi connectivity index (χ2v) is 5.94. The number of carboxylic acid groups (broad SMARTS) is 1. The molecule has 2 aromatic rings. The Morgan fingerprint density at radius 3 is 2.67 bits per heavy atom.